The Kier molecular flexibility index (Phi) is 4.56. The van der Waals surface area contributed by atoms with Crippen molar-refractivity contribution in [3.63, 3.8) is 0 Å². The van der Waals surface area contributed by atoms with Crippen molar-refractivity contribution < 1.29 is 9.53 Å². The van der Waals surface area contributed by atoms with Gasteiger partial charge in [0.2, 0.25) is 0 Å². The van der Waals surface area contributed by atoms with Crippen LogP contribution in [-0.4, -0.2) is 37.6 Å². The number of carbonyl (C=O) groups is 1. The van der Waals surface area contributed by atoms with Gasteiger partial charge in [-0.15, -0.1) is 0 Å². The van der Waals surface area contributed by atoms with Gasteiger partial charge in [-0.25, -0.2) is 4.79 Å². The van der Waals surface area contributed by atoms with Crippen LogP contribution >= 0.6 is 0 Å². The van der Waals surface area contributed by atoms with E-state index in [1.54, 1.807) is 0 Å². The summed E-state index contributed by atoms with van der Waals surface area (Å²) in [6, 6.07) is 0. The Morgan fingerprint density at radius 3 is 2.93 bits per heavy atom. The lowest BCUT2D eigenvalue weighted by Crippen LogP contribution is -2.27. The quantitative estimate of drug-likeness (QED) is 0.403. The number of likely N-dealkylation sites (N-methyl/N-ethyl adjacent to an activating group) is 1. The van der Waals surface area contributed by atoms with Crippen LogP contribution in [0.4, 0.5) is 0 Å². The van der Waals surface area contributed by atoms with E-state index in [9.17, 15) is 4.79 Å². The Labute approximate surface area is 91.4 Å². The molecule has 0 N–H and O–H groups in total. The molecule has 1 aliphatic heterocycles. The lowest BCUT2D eigenvalue weighted by Gasteiger charge is -2.22. The van der Waals surface area contributed by atoms with Crippen LogP contribution < -0.4 is 0 Å². The second kappa shape index (κ2) is 5.71. The van der Waals surface area contributed by atoms with Crippen LogP contribution in [0.15, 0.2) is 23.3 Å². The Morgan fingerprint density at radius 2 is 2.33 bits per heavy atom. The van der Waals surface area contributed by atoms with E-state index in [-0.39, 0.29) is 5.97 Å². The number of rotatable bonds is 3. The van der Waals surface area contributed by atoms with E-state index >= 15 is 0 Å². The van der Waals surface area contributed by atoms with Crippen molar-refractivity contribution in [3.05, 3.63) is 23.3 Å². The largest absolute Gasteiger partial charge is 0.458 e. The van der Waals surface area contributed by atoms with Crippen LogP contribution in [0.5, 0.6) is 0 Å². The molecule has 0 aromatic rings. The number of hydrogen-bond donors (Lipinski definition) is 0. The molecule has 0 saturated heterocycles. The van der Waals surface area contributed by atoms with Gasteiger partial charge in [-0.3, -0.25) is 0 Å². The fourth-order valence-electron chi connectivity index (χ4n) is 1.53. The Bertz CT molecular complexity index is 288. The summed E-state index contributed by atoms with van der Waals surface area (Å²) in [6.45, 7) is 6.18. The third kappa shape index (κ3) is 4.79. The number of esters is 1. The molecule has 0 unspecified atom stereocenters. The van der Waals surface area contributed by atoms with Crippen molar-refractivity contribution in [1.29, 1.82) is 0 Å². The van der Waals surface area contributed by atoms with Crippen LogP contribution in [0.25, 0.3) is 0 Å². The summed E-state index contributed by atoms with van der Waals surface area (Å²) in [5.41, 5.74) is 2.16. The average Bonchev–Trinajstić information content (AvgIpc) is 2.14. The van der Waals surface area contributed by atoms with E-state index in [2.05, 4.69) is 18.0 Å². The van der Waals surface area contributed by atoms with Crippen molar-refractivity contribution in [3.8, 4) is 0 Å². The predicted octanol–water partition coefficient (Wildman–Crippen LogP) is 1.76. The second-order valence-electron chi connectivity index (χ2n) is 4.22. The Balaban J connectivity index is 2.34. The molecule has 0 radical (unpaired) electrons. The Hall–Kier alpha value is -1.09. The first-order chi connectivity index (χ1) is 7.08. The normalized spacial score (nSPS) is 16.9. The van der Waals surface area contributed by atoms with Gasteiger partial charge in [0.15, 0.2) is 0 Å². The minimum absolute atomic E-state index is 0.246. The van der Waals surface area contributed by atoms with Gasteiger partial charge in [-0.2, -0.15) is 0 Å². The molecule has 1 rings (SSSR count). The highest BCUT2D eigenvalue weighted by Crippen LogP contribution is 2.08. The molecule has 3 heteroatoms. The van der Waals surface area contributed by atoms with Gasteiger partial charge in [-0.05, 0) is 32.9 Å². The summed E-state index contributed by atoms with van der Waals surface area (Å²) in [5.74, 6) is -0.246. The maximum absolute atomic E-state index is 11.2. The van der Waals surface area contributed by atoms with Gasteiger partial charge in [0.05, 0.1) is 0 Å². The van der Waals surface area contributed by atoms with E-state index < -0.39 is 0 Å². The van der Waals surface area contributed by atoms with E-state index in [4.69, 9.17) is 4.74 Å². The zero-order chi connectivity index (χ0) is 11.3. The van der Waals surface area contributed by atoms with Crippen LogP contribution in [0.1, 0.15) is 20.3 Å². The summed E-state index contributed by atoms with van der Waals surface area (Å²) in [6.07, 6.45) is 4.73. The zero-order valence-electron chi connectivity index (χ0n) is 9.75. The fraction of sp³-hybridized carbons (Fsp3) is 0.583. The summed E-state index contributed by atoms with van der Waals surface area (Å²) in [5, 5.41) is 0. The fourth-order valence-corrected chi connectivity index (χ4v) is 1.53. The van der Waals surface area contributed by atoms with Gasteiger partial charge in [0.25, 0.3) is 0 Å². The highest BCUT2D eigenvalue weighted by atomic mass is 16.5. The molecule has 0 bridgehead atoms. The van der Waals surface area contributed by atoms with E-state index in [1.807, 2.05) is 13.8 Å². The molecule has 15 heavy (non-hydrogen) atoms. The SMILES string of the molecule is CC(C)=CC(=O)OCC1=CCCN(C)C1. The first-order valence-electron chi connectivity index (χ1n) is 5.26. The molecule has 1 aliphatic rings. The van der Waals surface area contributed by atoms with Crippen molar-refractivity contribution in [2.75, 3.05) is 26.7 Å². The van der Waals surface area contributed by atoms with E-state index in [0.717, 1.165) is 25.1 Å². The molecule has 0 amide bonds. The number of hydrogen-bond acceptors (Lipinski definition) is 3. The lowest BCUT2D eigenvalue weighted by atomic mass is 10.1. The van der Waals surface area contributed by atoms with E-state index in [0.29, 0.717) is 6.61 Å². The molecular weight excluding hydrogens is 190 g/mol. The molecule has 0 saturated carbocycles. The van der Waals surface area contributed by atoms with Gasteiger partial charge >= 0.3 is 5.97 Å². The maximum Gasteiger partial charge on any atom is 0.330 e. The summed E-state index contributed by atoms with van der Waals surface area (Å²) >= 11 is 0. The lowest BCUT2D eigenvalue weighted by molar-refractivity contribution is -0.136. The molecule has 84 valence electrons. The molecule has 0 spiro atoms. The van der Waals surface area contributed by atoms with Crippen molar-refractivity contribution >= 4 is 5.97 Å². The summed E-state index contributed by atoms with van der Waals surface area (Å²) < 4.78 is 5.13. The smallest absolute Gasteiger partial charge is 0.330 e. The van der Waals surface area contributed by atoms with Crippen LogP contribution in [-0.2, 0) is 9.53 Å². The minimum Gasteiger partial charge on any atom is -0.458 e. The molecule has 0 aromatic heterocycles. The average molecular weight is 209 g/mol. The number of carbonyl (C=O) groups excluding carboxylic acids is 1. The third-order valence-electron chi connectivity index (χ3n) is 2.22. The van der Waals surface area contributed by atoms with Gasteiger partial charge in [0.1, 0.15) is 6.61 Å². The van der Waals surface area contributed by atoms with Crippen molar-refractivity contribution in [1.82, 2.24) is 4.90 Å². The summed E-state index contributed by atoms with van der Waals surface area (Å²) in [7, 11) is 2.07. The zero-order valence-corrected chi connectivity index (χ0v) is 9.75. The molecule has 3 nitrogen and oxygen atoms in total. The molecular formula is C12H19NO2. The molecule has 0 aromatic carbocycles. The molecule has 0 aliphatic carbocycles. The highest BCUT2D eigenvalue weighted by molar-refractivity contribution is 5.82. The Morgan fingerprint density at radius 1 is 1.60 bits per heavy atom. The summed E-state index contributed by atoms with van der Waals surface area (Å²) in [4.78, 5) is 13.5. The predicted molar refractivity (Wildman–Crippen MR) is 60.6 cm³/mol. The number of nitrogens with zero attached hydrogens (tertiary/aromatic N) is 1. The number of ether oxygens (including phenoxy) is 1. The minimum atomic E-state index is -0.246. The van der Waals surface area contributed by atoms with Gasteiger partial charge in [0, 0.05) is 19.2 Å². The molecule has 1 heterocycles. The highest BCUT2D eigenvalue weighted by Gasteiger charge is 2.09. The topological polar surface area (TPSA) is 29.5 Å². The van der Waals surface area contributed by atoms with Gasteiger partial charge in [-0.1, -0.05) is 11.6 Å². The van der Waals surface area contributed by atoms with Crippen molar-refractivity contribution in [2.45, 2.75) is 20.3 Å². The monoisotopic (exact) mass is 209 g/mol. The first-order valence-corrected chi connectivity index (χ1v) is 5.26. The molecule has 0 atom stereocenters. The first kappa shape index (κ1) is 12.0. The standard InChI is InChI=1S/C12H19NO2/c1-10(2)7-12(14)15-9-11-5-4-6-13(3)8-11/h5,7H,4,6,8-9H2,1-3H3. The van der Waals surface area contributed by atoms with Crippen LogP contribution in [0, 0.1) is 0 Å². The van der Waals surface area contributed by atoms with Crippen LogP contribution in [0.2, 0.25) is 0 Å². The van der Waals surface area contributed by atoms with Crippen molar-refractivity contribution in [2.24, 2.45) is 0 Å². The molecule has 0 fully saturated rings. The van der Waals surface area contributed by atoms with Gasteiger partial charge < -0.3 is 9.64 Å². The maximum atomic E-state index is 11.2. The number of allylic oxidation sites excluding steroid dienone is 1. The second-order valence-corrected chi connectivity index (χ2v) is 4.22. The van der Waals surface area contributed by atoms with Crippen LogP contribution in [0.3, 0.4) is 0 Å². The van der Waals surface area contributed by atoms with E-state index in [1.165, 1.54) is 11.6 Å². The third-order valence-corrected chi connectivity index (χ3v) is 2.22.